The summed E-state index contributed by atoms with van der Waals surface area (Å²) in [4.78, 5) is 12.1. The van der Waals surface area contributed by atoms with Crippen LogP contribution in [0.15, 0.2) is 0 Å². The Hall–Kier alpha value is -1.04. The van der Waals surface area contributed by atoms with Gasteiger partial charge in [0.25, 0.3) is 0 Å². The number of carbonyl (C=O) groups is 1. The van der Waals surface area contributed by atoms with Crippen molar-refractivity contribution in [2.45, 2.75) is 65.3 Å². The molecule has 0 bridgehead atoms. The van der Waals surface area contributed by atoms with Gasteiger partial charge in [-0.15, -0.1) is 0 Å². The van der Waals surface area contributed by atoms with Gasteiger partial charge in [-0.05, 0) is 31.1 Å². The summed E-state index contributed by atoms with van der Waals surface area (Å²) in [5, 5.41) is 12.2. The summed E-state index contributed by atoms with van der Waals surface area (Å²) < 4.78 is 0. The van der Waals surface area contributed by atoms with Crippen LogP contribution in [0.1, 0.15) is 59.3 Å². The monoisotopic (exact) mass is 250 g/mol. The van der Waals surface area contributed by atoms with E-state index < -0.39 is 5.92 Å². The van der Waals surface area contributed by atoms with Crippen molar-refractivity contribution in [1.82, 2.24) is 5.32 Å². The van der Waals surface area contributed by atoms with Crippen molar-refractivity contribution in [3.8, 4) is 6.07 Å². The molecule has 0 aromatic rings. The maximum Gasteiger partial charge on any atom is 0.237 e. The van der Waals surface area contributed by atoms with Crippen LogP contribution in [-0.4, -0.2) is 11.9 Å². The highest BCUT2D eigenvalue weighted by atomic mass is 16.1. The Morgan fingerprint density at radius 2 is 1.94 bits per heavy atom. The first-order chi connectivity index (χ1) is 8.60. The third-order valence-electron chi connectivity index (χ3n) is 4.07. The molecule has 1 fully saturated rings. The zero-order valence-corrected chi connectivity index (χ0v) is 11.9. The van der Waals surface area contributed by atoms with Crippen molar-refractivity contribution in [2.24, 2.45) is 17.8 Å². The van der Waals surface area contributed by atoms with E-state index in [0.717, 1.165) is 6.42 Å². The maximum absolute atomic E-state index is 12.1. The highest BCUT2D eigenvalue weighted by Crippen LogP contribution is 2.28. The summed E-state index contributed by atoms with van der Waals surface area (Å²) in [6, 6.07) is 2.38. The topological polar surface area (TPSA) is 52.9 Å². The summed E-state index contributed by atoms with van der Waals surface area (Å²) >= 11 is 0. The molecule has 1 aliphatic carbocycles. The number of nitrogens with one attached hydrogen (secondary N) is 1. The second-order valence-corrected chi connectivity index (χ2v) is 5.77. The lowest BCUT2D eigenvalue weighted by atomic mass is 9.82. The van der Waals surface area contributed by atoms with Gasteiger partial charge in [0, 0.05) is 6.04 Å². The molecule has 1 aliphatic rings. The minimum absolute atomic E-state index is 0.0788. The van der Waals surface area contributed by atoms with Crippen molar-refractivity contribution in [1.29, 1.82) is 5.26 Å². The molecule has 3 heteroatoms. The second-order valence-electron chi connectivity index (χ2n) is 5.77. The summed E-state index contributed by atoms with van der Waals surface area (Å²) in [5.74, 6) is 0.102. The number of amides is 1. The lowest BCUT2D eigenvalue weighted by Gasteiger charge is -2.31. The van der Waals surface area contributed by atoms with E-state index in [4.69, 9.17) is 5.26 Å². The van der Waals surface area contributed by atoms with E-state index in [9.17, 15) is 4.79 Å². The van der Waals surface area contributed by atoms with Gasteiger partial charge in [0.1, 0.15) is 5.92 Å². The van der Waals surface area contributed by atoms with Crippen LogP contribution >= 0.6 is 0 Å². The van der Waals surface area contributed by atoms with Gasteiger partial charge in [-0.2, -0.15) is 5.26 Å². The van der Waals surface area contributed by atoms with Crippen LogP contribution in [0, 0.1) is 29.1 Å². The largest absolute Gasteiger partial charge is 0.352 e. The first kappa shape index (κ1) is 15.0. The molecule has 0 aromatic heterocycles. The molecule has 102 valence electrons. The number of nitriles is 1. The Bertz CT molecular complexity index is 300. The standard InChI is InChI=1S/C15H26N2O/c1-4-14(12-8-6-5-7-9-12)17-15(18)13(10-16)11(2)3/h11-14H,4-9H2,1-3H3,(H,17,18). The first-order valence-electron chi connectivity index (χ1n) is 7.30. The van der Waals surface area contributed by atoms with E-state index in [1.54, 1.807) is 0 Å². The van der Waals surface area contributed by atoms with Crippen molar-refractivity contribution in [2.75, 3.05) is 0 Å². The van der Waals surface area contributed by atoms with Gasteiger partial charge in [-0.25, -0.2) is 0 Å². The van der Waals surface area contributed by atoms with Gasteiger partial charge in [-0.3, -0.25) is 4.79 Å². The van der Waals surface area contributed by atoms with Gasteiger partial charge >= 0.3 is 0 Å². The molecule has 1 saturated carbocycles. The Balaban J connectivity index is 2.56. The summed E-state index contributed by atoms with van der Waals surface area (Å²) in [5.41, 5.74) is 0. The molecule has 3 nitrogen and oxygen atoms in total. The highest BCUT2D eigenvalue weighted by molar-refractivity contribution is 5.81. The van der Waals surface area contributed by atoms with Crippen molar-refractivity contribution < 1.29 is 4.79 Å². The van der Waals surface area contributed by atoms with Gasteiger partial charge in [0.05, 0.1) is 6.07 Å². The van der Waals surface area contributed by atoms with Crippen molar-refractivity contribution >= 4 is 5.91 Å². The molecule has 2 atom stereocenters. The SMILES string of the molecule is CCC(NC(=O)C(C#N)C(C)C)C1CCCCC1. The minimum atomic E-state index is -0.511. The fourth-order valence-electron chi connectivity index (χ4n) is 2.87. The first-order valence-corrected chi connectivity index (χ1v) is 7.30. The van der Waals surface area contributed by atoms with Crippen LogP contribution in [-0.2, 0) is 4.79 Å². The van der Waals surface area contributed by atoms with Crippen LogP contribution < -0.4 is 5.32 Å². The van der Waals surface area contributed by atoms with Crippen LogP contribution in [0.5, 0.6) is 0 Å². The molecule has 0 saturated heterocycles. The van der Waals surface area contributed by atoms with E-state index >= 15 is 0 Å². The Labute approximate surface area is 111 Å². The van der Waals surface area contributed by atoms with Gasteiger partial charge < -0.3 is 5.32 Å². The van der Waals surface area contributed by atoms with E-state index in [1.165, 1.54) is 32.1 Å². The summed E-state index contributed by atoms with van der Waals surface area (Å²) in [6.45, 7) is 5.97. The zero-order chi connectivity index (χ0) is 13.5. The molecule has 0 heterocycles. The molecular formula is C15H26N2O. The second kappa shape index (κ2) is 7.41. The molecule has 18 heavy (non-hydrogen) atoms. The average Bonchev–Trinajstić information content (AvgIpc) is 2.37. The summed E-state index contributed by atoms with van der Waals surface area (Å²) in [6.07, 6.45) is 7.29. The highest BCUT2D eigenvalue weighted by Gasteiger charge is 2.28. The van der Waals surface area contributed by atoms with Gasteiger partial charge in [-0.1, -0.05) is 40.0 Å². The third kappa shape index (κ3) is 4.01. The fourth-order valence-corrected chi connectivity index (χ4v) is 2.87. The maximum atomic E-state index is 12.1. The Kier molecular flexibility index (Phi) is 6.18. The molecule has 0 aliphatic heterocycles. The molecular weight excluding hydrogens is 224 g/mol. The number of nitrogens with zero attached hydrogens (tertiary/aromatic N) is 1. The predicted molar refractivity (Wildman–Crippen MR) is 72.7 cm³/mol. The molecule has 2 unspecified atom stereocenters. The molecule has 1 amide bonds. The van der Waals surface area contributed by atoms with E-state index in [0.29, 0.717) is 5.92 Å². The van der Waals surface area contributed by atoms with Gasteiger partial charge in [0.15, 0.2) is 0 Å². The van der Waals surface area contributed by atoms with Crippen molar-refractivity contribution in [3.05, 3.63) is 0 Å². The summed E-state index contributed by atoms with van der Waals surface area (Å²) in [7, 11) is 0. The molecule has 1 rings (SSSR count). The van der Waals surface area contributed by atoms with Crippen LogP contribution in [0.25, 0.3) is 0 Å². The molecule has 1 N–H and O–H groups in total. The Morgan fingerprint density at radius 1 is 1.33 bits per heavy atom. The Morgan fingerprint density at radius 3 is 2.39 bits per heavy atom. The predicted octanol–water partition coefficient (Wildman–Crippen LogP) is 3.26. The van der Waals surface area contributed by atoms with E-state index in [-0.39, 0.29) is 17.9 Å². The smallest absolute Gasteiger partial charge is 0.237 e. The quantitative estimate of drug-likeness (QED) is 0.814. The van der Waals surface area contributed by atoms with Crippen LogP contribution in [0.4, 0.5) is 0 Å². The van der Waals surface area contributed by atoms with Gasteiger partial charge in [0.2, 0.25) is 5.91 Å². The van der Waals surface area contributed by atoms with Crippen LogP contribution in [0.3, 0.4) is 0 Å². The van der Waals surface area contributed by atoms with Crippen LogP contribution in [0.2, 0.25) is 0 Å². The minimum Gasteiger partial charge on any atom is -0.352 e. The number of rotatable bonds is 5. The lowest BCUT2D eigenvalue weighted by Crippen LogP contribution is -2.44. The lowest BCUT2D eigenvalue weighted by molar-refractivity contribution is -0.125. The number of hydrogen-bond acceptors (Lipinski definition) is 2. The average molecular weight is 250 g/mol. The van der Waals surface area contributed by atoms with E-state index in [2.05, 4.69) is 18.3 Å². The normalized spacial score (nSPS) is 20.2. The van der Waals surface area contributed by atoms with E-state index in [1.807, 2.05) is 13.8 Å². The molecule has 0 radical (unpaired) electrons. The fraction of sp³-hybridized carbons (Fsp3) is 0.867. The number of carbonyl (C=O) groups excluding carboxylic acids is 1. The zero-order valence-electron chi connectivity index (χ0n) is 11.9. The number of hydrogen-bond donors (Lipinski definition) is 1. The molecule has 0 aromatic carbocycles. The third-order valence-corrected chi connectivity index (χ3v) is 4.07. The van der Waals surface area contributed by atoms with Crippen molar-refractivity contribution in [3.63, 3.8) is 0 Å². The molecule has 0 spiro atoms.